The minimum absolute atomic E-state index is 0.257. The van der Waals surface area contributed by atoms with Crippen LogP contribution in [0.1, 0.15) is 0 Å². The van der Waals surface area contributed by atoms with E-state index in [0.717, 1.165) is 34.2 Å². The van der Waals surface area contributed by atoms with E-state index < -0.39 is 9.85 Å². The van der Waals surface area contributed by atoms with Crippen LogP contribution in [0.4, 0.5) is 11.4 Å². The van der Waals surface area contributed by atoms with Gasteiger partial charge >= 0.3 is 0 Å². The van der Waals surface area contributed by atoms with Crippen LogP contribution in [0.3, 0.4) is 0 Å². The first-order chi connectivity index (χ1) is 14.0. The van der Waals surface area contributed by atoms with Gasteiger partial charge in [0, 0.05) is 22.4 Å². The average Bonchev–Trinajstić information content (AvgIpc) is 2.74. The van der Waals surface area contributed by atoms with E-state index in [2.05, 4.69) is 10.2 Å². The highest BCUT2D eigenvalue weighted by Gasteiger charge is 2.22. The molecule has 0 N–H and O–H groups in total. The van der Waals surface area contributed by atoms with Crippen molar-refractivity contribution in [3.8, 4) is 11.3 Å². The Morgan fingerprint density at radius 3 is 2.14 bits per heavy atom. The number of hydrogen-bond acceptors (Lipinski definition) is 7. The number of nitro benzene ring substituents is 2. The second-order valence-electron chi connectivity index (χ2n) is 6.03. The second-order valence-corrected chi connectivity index (χ2v) is 7.06. The quantitative estimate of drug-likeness (QED) is 0.329. The lowest BCUT2D eigenvalue weighted by atomic mass is 10.1. The zero-order valence-corrected chi connectivity index (χ0v) is 15.6. The lowest BCUT2D eigenvalue weighted by molar-refractivity contribution is -0.396. The Bertz CT molecular complexity index is 1250. The summed E-state index contributed by atoms with van der Waals surface area (Å²) in [6.45, 7) is 0. The Hall–Kier alpha value is -3.85. The molecule has 0 radical (unpaired) electrons. The highest BCUT2D eigenvalue weighted by atomic mass is 32.2. The van der Waals surface area contributed by atoms with Crippen LogP contribution in [0.5, 0.6) is 0 Å². The fourth-order valence-corrected chi connectivity index (χ4v) is 3.87. The second kappa shape index (κ2) is 7.64. The van der Waals surface area contributed by atoms with Gasteiger partial charge in [-0.1, -0.05) is 66.4 Å². The van der Waals surface area contributed by atoms with Gasteiger partial charge in [-0.3, -0.25) is 20.2 Å². The molecule has 1 heterocycles. The maximum atomic E-state index is 11.4. The third-order valence-corrected chi connectivity index (χ3v) is 5.32. The summed E-state index contributed by atoms with van der Waals surface area (Å²) in [4.78, 5) is 21.3. The van der Waals surface area contributed by atoms with E-state index in [1.807, 2.05) is 54.6 Å². The van der Waals surface area contributed by atoms with Gasteiger partial charge < -0.3 is 0 Å². The molecule has 0 aliphatic rings. The van der Waals surface area contributed by atoms with Crippen LogP contribution in [0.25, 0.3) is 22.0 Å². The van der Waals surface area contributed by atoms with Gasteiger partial charge in [-0.25, -0.2) is 0 Å². The monoisotopic (exact) mass is 404 g/mol. The standard InChI is InChI=1S/C20H12N4O4S/c25-23(26)14-10-11-18(17(12-14)24(27)28)29-20-16-9-5-4-8-15(16)19(21-22-20)13-6-2-1-3-7-13/h1-12H. The molecule has 4 rings (SSSR count). The Kier molecular flexibility index (Phi) is 4.88. The van der Waals surface area contributed by atoms with Crippen LogP contribution in [-0.4, -0.2) is 20.0 Å². The van der Waals surface area contributed by atoms with Crippen LogP contribution >= 0.6 is 11.8 Å². The van der Waals surface area contributed by atoms with Gasteiger partial charge in [0.15, 0.2) is 0 Å². The fourth-order valence-electron chi connectivity index (χ4n) is 2.92. The van der Waals surface area contributed by atoms with Crippen molar-refractivity contribution >= 4 is 33.9 Å². The summed E-state index contributed by atoms with van der Waals surface area (Å²) in [5.74, 6) is 0. The van der Waals surface area contributed by atoms with E-state index in [4.69, 9.17) is 0 Å². The smallest absolute Gasteiger partial charge is 0.258 e. The molecule has 29 heavy (non-hydrogen) atoms. The van der Waals surface area contributed by atoms with Crippen LogP contribution in [-0.2, 0) is 0 Å². The third kappa shape index (κ3) is 3.63. The van der Waals surface area contributed by atoms with Gasteiger partial charge in [-0.05, 0) is 6.07 Å². The SMILES string of the molecule is O=[N+]([O-])c1ccc(Sc2nnc(-c3ccccc3)c3ccccc23)c([N+](=O)[O-])c1. The normalized spacial score (nSPS) is 10.8. The fraction of sp³-hybridized carbons (Fsp3) is 0. The minimum atomic E-state index is -0.661. The van der Waals surface area contributed by atoms with Crippen LogP contribution in [0, 0.1) is 20.2 Å². The Balaban J connectivity index is 1.83. The maximum absolute atomic E-state index is 11.4. The first-order valence-corrected chi connectivity index (χ1v) is 9.28. The predicted octanol–water partition coefficient (Wildman–Crippen LogP) is 5.26. The summed E-state index contributed by atoms with van der Waals surface area (Å²) in [5, 5.41) is 33.1. The summed E-state index contributed by atoms with van der Waals surface area (Å²) in [6, 6.07) is 20.7. The average molecular weight is 404 g/mol. The van der Waals surface area contributed by atoms with Crippen molar-refractivity contribution in [2.75, 3.05) is 0 Å². The van der Waals surface area contributed by atoms with Crippen molar-refractivity contribution < 1.29 is 9.85 Å². The molecule has 0 spiro atoms. The number of aromatic nitrogens is 2. The highest BCUT2D eigenvalue weighted by molar-refractivity contribution is 7.99. The van der Waals surface area contributed by atoms with Crippen LogP contribution < -0.4 is 0 Å². The van der Waals surface area contributed by atoms with E-state index in [1.165, 1.54) is 12.1 Å². The largest absolute Gasteiger partial charge is 0.290 e. The molecule has 9 heteroatoms. The lowest BCUT2D eigenvalue weighted by Crippen LogP contribution is -1.96. The number of nitro groups is 2. The third-order valence-electron chi connectivity index (χ3n) is 4.26. The van der Waals surface area contributed by atoms with Crippen molar-refractivity contribution in [3.05, 3.63) is 93.0 Å². The number of non-ortho nitro benzene ring substituents is 1. The molecule has 1 aromatic heterocycles. The summed E-state index contributed by atoms with van der Waals surface area (Å²) < 4.78 is 0. The van der Waals surface area contributed by atoms with Gasteiger partial charge in [0.25, 0.3) is 11.4 Å². The molecule has 0 saturated carbocycles. The molecule has 8 nitrogen and oxygen atoms in total. The number of fused-ring (bicyclic) bond motifs is 1. The summed E-state index contributed by atoms with van der Waals surface area (Å²) in [5.41, 5.74) is 0.941. The van der Waals surface area contributed by atoms with E-state index in [-0.39, 0.29) is 16.3 Å². The number of nitrogens with zero attached hydrogens (tertiary/aromatic N) is 4. The van der Waals surface area contributed by atoms with Crippen LogP contribution in [0.15, 0.2) is 82.7 Å². The Labute approximate surface area is 168 Å². The van der Waals surface area contributed by atoms with Crippen molar-refractivity contribution in [1.29, 1.82) is 0 Å². The zero-order chi connectivity index (χ0) is 20.4. The molecule has 0 fully saturated rings. The molecule has 0 aliphatic heterocycles. The van der Waals surface area contributed by atoms with Crippen molar-refractivity contribution in [2.24, 2.45) is 0 Å². The number of rotatable bonds is 5. The molecular formula is C20H12N4O4S. The molecule has 0 atom stereocenters. The van der Waals surface area contributed by atoms with Gasteiger partial charge in [0.1, 0.15) is 10.7 Å². The maximum Gasteiger partial charge on any atom is 0.290 e. The van der Waals surface area contributed by atoms with Gasteiger partial charge in [-0.15, -0.1) is 10.2 Å². The van der Waals surface area contributed by atoms with Crippen molar-refractivity contribution in [1.82, 2.24) is 10.2 Å². The van der Waals surface area contributed by atoms with E-state index in [1.54, 1.807) is 0 Å². The number of benzene rings is 3. The lowest BCUT2D eigenvalue weighted by Gasteiger charge is -2.09. The zero-order valence-electron chi connectivity index (χ0n) is 14.8. The molecule has 0 bridgehead atoms. The van der Waals surface area contributed by atoms with E-state index in [0.29, 0.717) is 10.7 Å². The van der Waals surface area contributed by atoms with Crippen LogP contribution in [0.2, 0.25) is 0 Å². The molecule has 0 unspecified atom stereocenters. The molecular weight excluding hydrogens is 392 g/mol. The molecule has 0 aliphatic carbocycles. The van der Waals surface area contributed by atoms with E-state index in [9.17, 15) is 20.2 Å². The molecule has 4 aromatic rings. The molecule has 0 saturated heterocycles. The molecule has 142 valence electrons. The van der Waals surface area contributed by atoms with Crippen molar-refractivity contribution in [2.45, 2.75) is 9.92 Å². The van der Waals surface area contributed by atoms with Crippen molar-refractivity contribution in [3.63, 3.8) is 0 Å². The molecule has 3 aromatic carbocycles. The highest BCUT2D eigenvalue weighted by Crippen LogP contribution is 2.39. The summed E-state index contributed by atoms with van der Waals surface area (Å²) >= 11 is 1.06. The van der Waals surface area contributed by atoms with Gasteiger partial charge in [0.2, 0.25) is 0 Å². The summed E-state index contributed by atoms with van der Waals surface area (Å²) in [6.07, 6.45) is 0. The van der Waals surface area contributed by atoms with E-state index >= 15 is 0 Å². The Morgan fingerprint density at radius 2 is 1.45 bits per heavy atom. The Morgan fingerprint density at radius 1 is 0.759 bits per heavy atom. The topological polar surface area (TPSA) is 112 Å². The predicted molar refractivity (Wildman–Crippen MR) is 109 cm³/mol. The summed E-state index contributed by atoms with van der Waals surface area (Å²) in [7, 11) is 0. The minimum Gasteiger partial charge on any atom is -0.258 e. The van der Waals surface area contributed by atoms with Gasteiger partial charge in [-0.2, -0.15) is 0 Å². The first-order valence-electron chi connectivity index (χ1n) is 8.46. The van der Waals surface area contributed by atoms with Gasteiger partial charge in [0.05, 0.1) is 20.8 Å². The number of hydrogen-bond donors (Lipinski definition) is 0. The molecule has 0 amide bonds. The first kappa shape index (κ1) is 18.5.